The van der Waals surface area contributed by atoms with Gasteiger partial charge >= 0.3 is 0 Å². The fraction of sp³-hybridized carbons (Fsp3) is 1.00. The van der Waals surface area contributed by atoms with E-state index in [4.69, 9.17) is 4.74 Å². The Morgan fingerprint density at radius 2 is 1.18 bits per heavy atom. The van der Waals surface area contributed by atoms with Gasteiger partial charge in [-0.2, -0.15) is 0 Å². The summed E-state index contributed by atoms with van der Waals surface area (Å²) in [6, 6.07) is 0. The van der Waals surface area contributed by atoms with E-state index in [-0.39, 0.29) is 0 Å². The molecule has 0 radical (unpaired) electrons. The van der Waals surface area contributed by atoms with E-state index < -0.39 is 0 Å². The molecule has 0 atom stereocenters. The molecule has 0 bridgehead atoms. The summed E-state index contributed by atoms with van der Waals surface area (Å²) < 4.78 is 5.57. The van der Waals surface area contributed by atoms with Crippen LogP contribution < -0.4 is 0 Å². The third-order valence-corrected chi connectivity index (χ3v) is 5.41. The van der Waals surface area contributed by atoms with E-state index in [0.717, 1.165) is 26.3 Å². The first-order valence-electron chi connectivity index (χ1n) is 10.1. The SMILES string of the molecule is CCCCCCCC(C)(CCCCCCC)N1CCOCC1. The molecule has 1 heterocycles. The Labute approximate surface area is 140 Å². The van der Waals surface area contributed by atoms with Crippen molar-refractivity contribution < 1.29 is 4.74 Å². The van der Waals surface area contributed by atoms with E-state index in [0.29, 0.717) is 5.54 Å². The Bertz CT molecular complexity index is 234. The summed E-state index contributed by atoms with van der Waals surface area (Å²) in [7, 11) is 0. The molecule has 22 heavy (non-hydrogen) atoms. The number of morpholine rings is 1. The van der Waals surface area contributed by atoms with Crippen LogP contribution in [0.15, 0.2) is 0 Å². The Kier molecular flexibility index (Phi) is 11.2. The lowest BCUT2D eigenvalue weighted by Crippen LogP contribution is -2.51. The van der Waals surface area contributed by atoms with Crippen molar-refractivity contribution in [2.75, 3.05) is 26.3 Å². The van der Waals surface area contributed by atoms with Gasteiger partial charge < -0.3 is 4.74 Å². The molecule has 0 spiro atoms. The minimum atomic E-state index is 0.419. The van der Waals surface area contributed by atoms with Gasteiger partial charge in [-0.05, 0) is 19.8 Å². The van der Waals surface area contributed by atoms with E-state index in [1.807, 2.05) is 0 Å². The predicted octanol–water partition coefficient (Wildman–Crippen LogP) is 5.80. The van der Waals surface area contributed by atoms with Gasteiger partial charge in [0.25, 0.3) is 0 Å². The lowest BCUT2D eigenvalue weighted by Gasteiger charge is -2.44. The molecule has 1 aliphatic heterocycles. The molecule has 1 aliphatic rings. The number of ether oxygens (including phenoxy) is 1. The van der Waals surface area contributed by atoms with Crippen LogP contribution >= 0.6 is 0 Å². The van der Waals surface area contributed by atoms with Crippen molar-refractivity contribution in [3.05, 3.63) is 0 Å². The Morgan fingerprint density at radius 1 is 0.727 bits per heavy atom. The van der Waals surface area contributed by atoms with Crippen LogP contribution in [0.5, 0.6) is 0 Å². The van der Waals surface area contributed by atoms with Crippen LogP contribution in [0.4, 0.5) is 0 Å². The highest BCUT2D eigenvalue weighted by Gasteiger charge is 2.31. The highest BCUT2D eigenvalue weighted by molar-refractivity contribution is 4.87. The highest BCUT2D eigenvalue weighted by atomic mass is 16.5. The van der Waals surface area contributed by atoms with Gasteiger partial charge in [0.05, 0.1) is 13.2 Å². The van der Waals surface area contributed by atoms with Gasteiger partial charge in [-0.25, -0.2) is 0 Å². The number of unbranched alkanes of at least 4 members (excludes halogenated alkanes) is 8. The third-order valence-electron chi connectivity index (χ3n) is 5.41. The summed E-state index contributed by atoms with van der Waals surface area (Å²) >= 11 is 0. The quantitative estimate of drug-likeness (QED) is 0.399. The van der Waals surface area contributed by atoms with Crippen molar-refractivity contribution in [3.63, 3.8) is 0 Å². The van der Waals surface area contributed by atoms with Gasteiger partial charge in [0.15, 0.2) is 0 Å². The molecule has 0 aromatic carbocycles. The summed E-state index contributed by atoms with van der Waals surface area (Å²) in [5.74, 6) is 0. The van der Waals surface area contributed by atoms with Crippen molar-refractivity contribution in [2.24, 2.45) is 0 Å². The maximum Gasteiger partial charge on any atom is 0.0594 e. The number of rotatable bonds is 13. The molecule has 0 saturated carbocycles. The maximum absolute atomic E-state index is 5.57. The summed E-state index contributed by atoms with van der Waals surface area (Å²) in [5, 5.41) is 0. The predicted molar refractivity (Wildman–Crippen MR) is 97.5 cm³/mol. The van der Waals surface area contributed by atoms with Crippen LogP contribution in [0, 0.1) is 0 Å². The molecular formula is C20H41NO. The fourth-order valence-electron chi connectivity index (χ4n) is 3.76. The summed E-state index contributed by atoms with van der Waals surface area (Å²) in [4.78, 5) is 2.73. The molecule has 0 amide bonds. The lowest BCUT2D eigenvalue weighted by molar-refractivity contribution is -0.0243. The first-order chi connectivity index (χ1) is 10.7. The maximum atomic E-state index is 5.57. The second-order valence-electron chi connectivity index (χ2n) is 7.42. The molecule has 0 aromatic heterocycles. The molecule has 0 aliphatic carbocycles. The molecule has 0 N–H and O–H groups in total. The van der Waals surface area contributed by atoms with E-state index in [9.17, 15) is 0 Å². The van der Waals surface area contributed by atoms with Gasteiger partial charge in [0, 0.05) is 18.6 Å². The molecule has 0 unspecified atom stereocenters. The Balaban J connectivity index is 2.37. The highest BCUT2D eigenvalue weighted by Crippen LogP contribution is 2.30. The van der Waals surface area contributed by atoms with Crippen molar-refractivity contribution in [1.29, 1.82) is 0 Å². The van der Waals surface area contributed by atoms with Gasteiger partial charge in [-0.15, -0.1) is 0 Å². The normalized spacial score (nSPS) is 17.0. The molecule has 1 fully saturated rings. The molecule has 2 nitrogen and oxygen atoms in total. The second kappa shape index (κ2) is 12.4. The molecule has 1 rings (SSSR count). The van der Waals surface area contributed by atoms with E-state index in [1.165, 1.54) is 77.0 Å². The summed E-state index contributed by atoms with van der Waals surface area (Å²) in [6.45, 7) is 11.3. The number of nitrogens with zero attached hydrogens (tertiary/aromatic N) is 1. The van der Waals surface area contributed by atoms with Crippen LogP contribution in [-0.4, -0.2) is 36.7 Å². The van der Waals surface area contributed by atoms with Crippen molar-refractivity contribution >= 4 is 0 Å². The smallest absolute Gasteiger partial charge is 0.0594 e. The Morgan fingerprint density at radius 3 is 1.64 bits per heavy atom. The molecule has 1 saturated heterocycles. The van der Waals surface area contributed by atoms with E-state index in [1.54, 1.807) is 0 Å². The average molecular weight is 312 g/mol. The van der Waals surface area contributed by atoms with Crippen LogP contribution in [0.25, 0.3) is 0 Å². The standard InChI is InChI=1S/C20H41NO/c1-4-6-8-10-12-14-20(3,15-13-11-9-7-5-2)21-16-18-22-19-17-21/h4-19H2,1-3H3. The monoisotopic (exact) mass is 311 g/mol. The third kappa shape index (κ3) is 7.97. The number of hydrogen-bond acceptors (Lipinski definition) is 2. The fourth-order valence-corrected chi connectivity index (χ4v) is 3.76. The van der Waals surface area contributed by atoms with E-state index >= 15 is 0 Å². The zero-order valence-corrected chi connectivity index (χ0v) is 15.7. The molecule has 132 valence electrons. The van der Waals surface area contributed by atoms with Gasteiger partial charge in [0.1, 0.15) is 0 Å². The zero-order valence-electron chi connectivity index (χ0n) is 15.7. The average Bonchev–Trinajstić information content (AvgIpc) is 2.55. The van der Waals surface area contributed by atoms with Crippen molar-refractivity contribution in [1.82, 2.24) is 4.90 Å². The minimum absolute atomic E-state index is 0.419. The van der Waals surface area contributed by atoms with Gasteiger partial charge in [0.2, 0.25) is 0 Å². The van der Waals surface area contributed by atoms with Crippen LogP contribution in [0.3, 0.4) is 0 Å². The second-order valence-corrected chi connectivity index (χ2v) is 7.42. The van der Waals surface area contributed by atoms with Gasteiger partial charge in [-0.1, -0.05) is 78.1 Å². The van der Waals surface area contributed by atoms with Crippen LogP contribution in [0.2, 0.25) is 0 Å². The van der Waals surface area contributed by atoms with Crippen molar-refractivity contribution in [2.45, 2.75) is 103 Å². The molecule has 2 heteroatoms. The summed E-state index contributed by atoms with van der Waals surface area (Å²) in [6.07, 6.45) is 16.8. The first kappa shape index (κ1) is 20.0. The van der Waals surface area contributed by atoms with Crippen molar-refractivity contribution in [3.8, 4) is 0 Å². The molecule has 0 aromatic rings. The van der Waals surface area contributed by atoms with Crippen LogP contribution in [0.1, 0.15) is 97.8 Å². The largest absolute Gasteiger partial charge is 0.379 e. The van der Waals surface area contributed by atoms with E-state index in [2.05, 4.69) is 25.7 Å². The topological polar surface area (TPSA) is 12.5 Å². The van der Waals surface area contributed by atoms with Gasteiger partial charge in [-0.3, -0.25) is 4.90 Å². The molecular weight excluding hydrogens is 270 g/mol. The Hall–Kier alpha value is -0.0800. The minimum Gasteiger partial charge on any atom is -0.379 e. The van der Waals surface area contributed by atoms with Crippen LogP contribution in [-0.2, 0) is 4.74 Å². The first-order valence-corrected chi connectivity index (χ1v) is 10.1. The lowest BCUT2D eigenvalue weighted by atomic mass is 9.86. The zero-order chi connectivity index (χ0) is 16.1. The number of hydrogen-bond donors (Lipinski definition) is 0. The summed E-state index contributed by atoms with van der Waals surface area (Å²) in [5.41, 5.74) is 0.419.